The van der Waals surface area contributed by atoms with E-state index in [1.807, 2.05) is 43.3 Å². The van der Waals surface area contributed by atoms with E-state index in [9.17, 15) is 4.79 Å². The Morgan fingerprint density at radius 2 is 1.90 bits per heavy atom. The summed E-state index contributed by atoms with van der Waals surface area (Å²) in [6.45, 7) is 2.53. The van der Waals surface area contributed by atoms with Crippen LogP contribution in [0.2, 0.25) is 0 Å². The molecule has 2 rings (SSSR count). The van der Waals surface area contributed by atoms with Gasteiger partial charge in [0.25, 0.3) is 5.91 Å². The molecule has 0 radical (unpaired) electrons. The first-order valence-electron chi connectivity index (χ1n) is 6.28. The Balaban J connectivity index is 2.09. The summed E-state index contributed by atoms with van der Waals surface area (Å²) in [4.78, 5) is 12.2. The van der Waals surface area contributed by atoms with Crippen LogP contribution in [-0.4, -0.2) is 13.0 Å². The molecule has 0 aromatic heterocycles. The summed E-state index contributed by atoms with van der Waals surface area (Å²) >= 11 is 3.37. The van der Waals surface area contributed by atoms with E-state index in [1.54, 1.807) is 13.2 Å². The summed E-state index contributed by atoms with van der Waals surface area (Å²) in [5.74, 6) is 0.401. The minimum atomic E-state index is -0.149. The standard InChI is InChI=1S/C16H16BrNO2/c1-11-6-8-12(9-7-11)10-18-16(19)13-4-3-5-14(17)15(13)20-2/h3-9H,10H2,1-2H3,(H,18,19). The summed E-state index contributed by atoms with van der Waals surface area (Å²) in [7, 11) is 1.55. The molecule has 1 N–H and O–H groups in total. The fraction of sp³-hybridized carbons (Fsp3) is 0.188. The lowest BCUT2D eigenvalue weighted by Crippen LogP contribution is -2.23. The van der Waals surface area contributed by atoms with Crippen molar-refractivity contribution in [3.8, 4) is 5.75 Å². The second-order valence-corrected chi connectivity index (χ2v) is 5.34. The van der Waals surface area contributed by atoms with Crippen LogP contribution in [0.3, 0.4) is 0 Å². The fourth-order valence-corrected chi connectivity index (χ4v) is 2.41. The molecule has 2 aromatic carbocycles. The predicted octanol–water partition coefficient (Wildman–Crippen LogP) is 3.70. The van der Waals surface area contributed by atoms with Gasteiger partial charge in [-0.1, -0.05) is 35.9 Å². The van der Waals surface area contributed by atoms with Gasteiger partial charge in [-0.15, -0.1) is 0 Å². The zero-order chi connectivity index (χ0) is 14.5. The number of benzene rings is 2. The molecule has 0 aliphatic carbocycles. The maximum absolute atomic E-state index is 12.2. The topological polar surface area (TPSA) is 38.3 Å². The average molecular weight is 334 g/mol. The number of halogens is 1. The highest BCUT2D eigenvalue weighted by Gasteiger charge is 2.14. The molecule has 0 fully saturated rings. The molecule has 2 aromatic rings. The number of hydrogen-bond donors (Lipinski definition) is 1. The van der Waals surface area contributed by atoms with Gasteiger partial charge in [0, 0.05) is 6.54 Å². The number of hydrogen-bond acceptors (Lipinski definition) is 2. The molecule has 20 heavy (non-hydrogen) atoms. The molecule has 0 atom stereocenters. The van der Waals surface area contributed by atoms with Crippen LogP contribution in [0.4, 0.5) is 0 Å². The Bertz CT molecular complexity index is 608. The number of aryl methyl sites for hydroxylation is 1. The van der Waals surface area contributed by atoms with Crippen molar-refractivity contribution in [1.29, 1.82) is 0 Å². The van der Waals surface area contributed by atoms with E-state index in [0.29, 0.717) is 17.9 Å². The highest BCUT2D eigenvalue weighted by Crippen LogP contribution is 2.28. The van der Waals surface area contributed by atoms with Gasteiger partial charge in [0.1, 0.15) is 5.75 Å². The molecule has 0 saturated carbocycles. The van der Waals surface area contributed by atoms with Gasteiger partial charge in [0.15, 0.2) is 0 Å². The van der Waals surface area contributed by atoms with Gasteiger partial charge in [0.05, 0.1) is 17.1 Å². The van der Waals surface area contributed by atoms with Gasteiger partial charge in [-0.05, 0) is 40.5 Å². The number of para-hydroxylation sites is 1. The Morgan fingerprint density at radius 3 is 2.55 bits per heavy atom. The van der Waals surface area contributed by atoms with Crippen LogP contribution in [0.25, 0.3) is 0 Å². The molecule has 0 unspecified atom stereocenters. The summed E-state index contributed by atoms with van der Waals surface area (Å²) < 4.78 is 6.02. The van der Waals surface area contributed by atoms with Gasteiger partial charge in [-0.3, -0.25) is 4.79 Å². The van der Waals surface area contributed by atoms with Crippen molar-refractivity contribution in [2.24, 2.45) is 0 Å². The minimum absolute atomic E-state index is 0.149. The molecular weight excluding hydrogens is 318 g/mol. The maximum Gasteiger partial charge on any atom is 0.255 e. The van der Waals surface area contributed by atoms with Crippen molar-refractivity contribution in [3.05, 3.63) is 63.6 Å². The predicted molar refractivity (Wildman–Crippen MR) is 83.0 cm³/mol. The summed E-state index contributed by atoms with van der Waals surface area (Å²) in [5, 5.41) is 2.90. The van der Waals surface area contributed by atoms with Crippen molar-refractivity contribution in [2.75, 3.05) is 7.11 Å². The minimum Gasteiger partial charge on any atom is -0.495 e. The number of amides is 1. The van der Waals surface area contributed by atoms with Crippen LogP contribution in [0, 0.1) is 6.92 Å². The molecular formula is C16H16BrNO2. The van der Waals surface area contributed by atoms with Gasteiger partial charge in [0.2, 0.25) is 0 Å². The maximum atomic E-state index is 12.2. The first-order valence-corrected chi connectivity index (χ1v) is 7.07. The van der Waals surface area contributed by atoms with Crippen molar-refractivity contribution in [2.45, 2.75) is 13.5 Å². The van der Waals surface area contributed by atoms with Gasteiger partial charge in [-0.25, -0.2) is 0 Å². The van der Waals surface area contributed by atoms with Crippen LogP contribution in [-0.2, 0) is 6.54 Å². The zero-order valence-corrected chi connectivity index (χ0v) is 13.0. The SMILES string of the molecule is COc1c(Br)cccc1C(=O)NCc1ccc(C)cc1. The lowest BCUT2D eigenvalue weighted by molar-refractivity contribution is 0.0947. The third-order valence-electron chi connectivity index (χ3n) is 2.99. The van der Waals surface area contributed by atoms with Crippen molar-refractivity contribution in [3.63, 3.8) is 0 Å². The Kier molecular flexibility index (Phi) is 4.79. The fourth-order valence-electron chi connectivity index (χ4n) is 1.88. The van der Waals surface area contributed by atoms with Gasteiger partial charge < -0.3 is 10.1 Å². The highest BCUT2D eigenvalue weighted by atomic mass is 79.9. The lowest BCUT2D eigenvalue weighted by Gasteiger charge is -2.11. The number of rotatable bonds is 4. The van der Waals surface area contributed by atoms with E-state index < -0.39 is 0 Å². The second kappa shape index (κ2) is 6.57. The highest BCUT2D eigenvalue weighted by molar-refractivity contribution is 9.10. The first kappa shape index (κ1) is 14.6. The largest absolute Gasteiger partial charge is 0.495 e. The van der Waals surface area contributed by atoms with E-state index in [-0.39, 0.29) is 5.91 Å². The first-order chi connectivity index (χ1) is 9.61. The summed E-state index contributed by atoms with van der Waals surface area (Å²) in [6, 6.07) is 13.5. The molecule has 3 nitrogen and oxygen atoms in total. The molecule has 0 bridgehead atoms. The Labute approximate surface area is 127 Å². The van der Waals surface area contributed by atoms with E-state index in [2.05, 4.69) is 21.2 Å². The molecule has 0 aliphatic heterocycles. The van der Waals surface area contributed by atoms with Crippen LogP contribution >= 0.6 is 15.9 Å². The van der Waals surface area contributed by atoms with Crippen LogP contribution in [0.1, 0.15) is 21.5 Å². The third kappa shape index (κ3) is 3.39. The molecule has 0 heterocycles. The van der Waals surface area contributed by atoms with E-state index >= 15 is 0 Å². The lowest BCUT2D eigenvalue weighted by atomic mass is 10.1. The normalized spacial score (nSPS) is 10.2. The van der Waals surface area contributed by atoms with Gasteiger partial charge in [-0.2, -0.15) is 0 Å². The molecule has 0 aliphatic rings. The van der Waals surface area contributed by atoms with Gasteiger partial charge >= 0.3 is 0 Å². The third-order valence-corrected chi connectivity index (χ3v) is 3.61. The molecule has 4 heteroatoms. The molecule has 0 spiro atoms. The Morgan fingerprint density at radius 1 is 1.20 bits per heavy atom. The number of methoxy groups -OCH3 is 1. The number of carbonyl (C=O) groups is 1. The zero-order valence-electron chi connectivity index (χ0n) is 11.4. The molecule has 0 saturated heterocycles. The summed E-state index contributed by atoms with van der Waals surface area (Å²) in [5.41, 5.74) is 2.79. The Hall–Kier alpha value is -1.81. The number of ether oxygens (including phenoxy) is 1. The number of nitrogens with one attached hydrogen (secondary N) is 1. The molecule has 1 amide bonds. The van der Waals surface area contributed by atoms with E-state index in [0.717, 1.165) is 10.0 Å². The van der Waals surface area contributed by atoms with E-state index in [4.69, 9.17) is 4.74 Å². The smallest absolute Gasteiger partial charge is 0.255 e. The van der Waals surface area contributed by atoms with Crippen molar-refractivity contribution < 1.29 is 9.53 Å². The quantitative estimate of drug-likeness (QED) is 0.926. The van der Waals surface area contributed by atoms with Crippen LogP contribution in [0.5, 0.6) is 5.75 Å². The second-order valence-electron chi connectivity index (χ2n) is 4.49. The number of carbonyl (C=O) groups excluding carboxylic acids is 1. The van der Waals surface area contributed by atoms with Crippen LogP contribution < -0.4 is 10.1 Å². The molecule has 104 valence electrons. The summed E-state index contributed by atoms with van der Waals surface area (Å²) in [6.07, 6.45) is 0. The monoisotopic (exact) mass is 333 g/mol. The van der Waals surface area contributed by atoms with E-state index in [1.165, 1.54) is 5.56 Å². The average Bonchev–Trinajstić information content (AvgIpc) is 2.46. The van der Waals surface area contributed by atoms with Crippen molar-refractivity contribution >= 4 is 21.8 Å². The van der Waals surface area contributed by atoms with Crippen molar-refractivity contribution in [1.82, 2.24) is 5.32 Å². The van der Waals surface area contributed by atoms with Crippen LogP contribution in [0.15, 0.2) is 46.9 Å².